The third-order valence-electron chi connectivity index (χ3n) is 5.84. The molecule has 0 aliphatic carbocycles. The van der Waals surface area contributed by atoms with Crippen molar-refractivity contribution in [3.8, 4) is 0 Å². The summed E-state index contributed by atoms with van der Waals surface area (Å²) in [6.45, 7) is 6.37. The first kappa shape index (κ1) is 24.4. The molecule has 3 aromatic rings. The number of aromatic nitrogens is 2. The molecule has 0 atom stereocenters. The van der Waals surface area contributed by atoms with E-state index in [9.17, 15) is 14.0 Å². The summed E-state index contributed by atoms with van der Waals surface area (Å²) in [5.74, 6) is -0.675. The molecular formula is C25H26ClFN6O2. The van der Waals surface area contributed by atoms with Crippen LogP contribution in [0, 0.1) is 5.82 Å². The Hall–Kier alpha value is -3.72. The predicted molar refractivity (Wildman–Crippen MR) is 135 cm³/mol. The highest BCUT2D eigenvalue weighted by atomic mass is 35.5. The minimum Gasteiger partial charge on any atom is -0.352 e. The molecule has 2 amide bonds. The van der Waals surface area contributed by atoms with Gasteiger partial charge in [0.05, 0.1) is 17.4 Å². The van der Waals surface area contributed by atoms with Crippen LogP contribution in [0.15, 0.2) is 42.6 Å². The minimum absolute atomic E-state index is 0.00517. The number of hydrogen-bond donors (Lipinski definition) is 4. The molecule has 4 N–H and O–H groups in total. The van der Waals surface area contributed by atoms with Gasteiger partial charge in [0.25, 0.3) is 5.91 Å². The summed E-state index contributed by atoms with van der Waals surface area (Å²) in [6.07, 6.45) is 2.56. The Morgan fingerprint density at radius 2 is 2.03 bits per heavy atom. The van der Waals surface area contributed by atoms with Crippen LogP contribution >= 0.6 is 11.6 Å². The van der Waals surface area contributed by atoms with E-state index in [1.165, 1.54) is 24.4 Å². The Kier molecular flexibility index (Phi) is 6.88. The first-order chi connectivity index (χ1) is 16.7. The minimum atomic E-state index is -0.618. The number of amides is 2. The number of benzene rings is 2. The zero-order valence-corrected chi connectivity index (χ0v) is 20.4. The van der Waals surface area contributed by atoms with Crippen LogP contribution in [-0.2, 0) is 10.2 Å². The molecule has 1 aliphatic rings. The van der Waals surface area contributed by atoms with Gasteiger partial charge < -0.3 is 21.3 Å². The number of nitrogens with zero attached hydrogens (tertiary/aromatic N) is 2. The Bertz CT molecular complexity index is 1300. The van der Waals surface area contributed by atoms with Crippen LogP contribution in [0.4, 0.5) is 33.2 Å². The number of para-hydroxylation sites is 1. The van der Waals surface area contributed by atoms with Crippen molar-refractivity contribution in [3.63, 3.8) is 0 Å². The number of carbonyl (C=O) groups is 2. The van der Waals surface area contributed by atoms with Gasteiger partial charge in [0.1, 0.15) is 10.8 Å². The first-order valence-corrected chi connectivity index (χ1v) is 11.6. The Labute approximate surface area is 207 Å². The lowest BCUT2D eigenvalue weighted by atomic mass is 9.80. The van der Waals surface area contributed by atoms with Gasteiger partial charge in [0.2, 0.25) is 11.9 Å². The highest BCUT2D eigenvalue weighted by molar-refractivity contribution is 6.33. The SMILES string of the molecule is CCNC(=O)c1cccc(F)c1Nc1nc(Nc2ccc3c(c2)C(C)(C)CCC(=O)N3)ncc1Cl. The molecule has 182 valence electrons. The molecule has 10 heteroatoms. The van der Waals surface area contributed by atoms with Crippen LogP contribution < -0.4 is 21.3 Å². The number of fused-ring (bicyclic) bond motifs is 1. The fraction of sp³-hybridized carbons (Fsp3) is 0.280. The molecule has 35 heavy (non-hydrogen) atoms. The number of nitrogens with one attached hydrogen (secondary N) is 4. The molecule has 8 nitrogen and oxygen atoms in total. The second-order valence-electron chi connectivity index (χ2n) is 8.85. The van der Waals surface area contributed by atoms with E-state index in [4.69, 9.17) is 11.6 Å². The summed E-state index contributed by atoms with van der Waals surface area (Å²) in [7, 11) is 0. The zero-order valence-electron chi connectivity index (χ0n) is 19.6. The summed E-state index contributed by atoms with van der Waals surface area (Å²) in [6, 6.07) is 9.83. The number of carbonyl (C=O) groups excluding carboxylic acids is 2. The molecule has 2 heterocycles. The quantitative estimate of drug-likeness (QED) is 0.358. The van der Waals surface area contributed by atoms with E-state index in [0.29, 0.717) is 13.0 Å². The highest BCUT2D eigenvalue weighted by Crippen LogP contribution is 2.38. The molecule has 2 aromatic carbocycles. The summed E-state index contributed by atoms with van der Waals surface area (Å²) in [5, 5.41) is 11.8. The van der Waals surface area contributed by atoms with Crippen LogP contribution in [0.5, 0.6) is 0 Å². The van der Waals surface area contributed by atoms with Crippen molar-refractivity contribution in [2.75, 3.05) is 22.5 Å². The lowest BCUT2D eigenvalue weighted by molar-refractivity contribution is -0.116. The number of halogens is 2. The van der Waals surface area contributed by atoms with Gasteiger partial charge in [0, 0.05) is 24.3 Å². The predicted octanol–water partition coefficient (Wildman–Crippen LogP) is 5.52. The van der Waals surface area contributed by atoms with Gasteiger partial charge in [0.15, 0.2) is 5.82 Å². The number of rotatable bonds is 6. The smallest absolute Gasteiger partial charge is 0.253 e. The van der Waals surface area contributed by atoms with E-state index in [0.717, 1.165) is 23.4 Å². The van der Waals surface area contributed by atoms with E-state index in [-0.39, 0.29) is 39.4 Å². The fourth-order valence-electron chi connectivity index (χ4n) is 3.92. The van der Waals surface area contributed by atoms with Gasteiger partial charge in [-0.2, -0.15) is 4.98 Å². The van der Waals surface area contributed by atoms with Crippen LogP contribution in [-0.4, -0.2) is 28.3 Å². The van der Waals surface area contributed by atoms with E-state index >= 15 is 0 Å². The van der Waals surface area contributed by atoms with Crippen molar-refractivity contribution in [3.05, 3.63) is 64.6 Å². The van der Waals surface area contributed by atoms with Crippen LogP contribution in [0.2, 0.25) is 5.02 Å². The van der Waals surface area contributed by atoms with Crippen molar-refractivity contribution in [1.29, 1.82) is 0 Å². The van der Waals surface area contributed by atoms with Gasteiger partial charge in [-0.15, -0.1) is 0 Å². The third-order valence-corrected chi connectivity index (χ3v) is 6.12. The Balaban J connectivity index is 1.63. The van der Waals surface area contributed by atoms with Gasteiger partial charge in [-0.1, -0.05) is 31.5 Å². The molecule has 0 saturated heterocycles. The average Bonchev–Trinajstić information content (AvgIpc) is 2.93. The van der Waals surface area contributed by atoms with E-state index in [1.807, 2.05) is 18.2 Å². The molecule has 0 unspecified atom stereocenters. The van der Waals surface area contributed by atoms with Gasteiger partial charge in [-0.25, -0.2) is 9.37 Å². The lowest BCUT2D eigenvalue weighted by Crippen LogP contribution is -2.24. The monoisotopic (exact) mass is 496 g/mol. The molecule has 0 spiro atoms. The fourth-order valence-corrected chi connectivity index (χ4v) is 4.06. The van der Waals surface area contributed by atoms with Crippen molar-refractivity contribution in [2.45, 2.75) is 39.0 Å². The standard InChI is InChI=1S/C25H26ClFN6O2/c1-4-28-23(35)15-6-5-7-18(27)21(15)32-22-17(26)13-29-24(33-22)30-14-8-9-19-16(12-14)25(2,3)11-10-20(34)31-19/h5-9,12-13H,4,10-11H2,1-3H3,(H,28,35)(H,31,34)(H2,29,30,32,33). The molecule has 4 rings (SSSR count). The topological polar surface area (TPSA) is 108 Å². The Morgan fingerprint density at radius 3 is 2.80 bits per heavy atom. The van der Waals surface area contributed by atoms with E-state index in [1.54, 1.807) is 6.92 Å². The maximum Gasteiger partial charge on any atom is 0.253 e. The second kappa shape index (κ2) is 9.87. The van der Waals surface area contributed by atoms with E-state index in [2.05, 4.69) is 45.1 Å². The summed E-state index contributed by atoms with van der Waals surface area (Å²) >= 11 is 6.28. The van der Waals surface area contributed by atoms with Crippen molar-refractivity contribution in [2.24, 2.45) is 0 Å². The summed E-state index contributed by atoms with van der Waals surface area (Å²) in [5.41, 5.74) is 2.38. The number of anilines is 5. The van der Waals surface area contributed by atoms with Crippen molar-refractivity contribution in [1.82, 2.24) is 15.3 Å². The molecular weight excluding hydrogens is 471 g/mol. The summed E-state index contributed by atoms with van der Waals surface area (Å²) in [4.78, 5) is 33.1. The Morgan fingerprint density at radius 1 is 1.23 bits per heavy atom. The van der Waals surface area contributed by atoms with Gasteiger partial charge >= 0.3 is 0 Å². The van der Waals surface area contributed by atoms with Crippen LogP contribution in [0.3, 0.4) is 0 Å². The van der Waals surface area contributed by atoms with E-state index < -0.39 is 11.7 Å². The lowest BCUT2D eigenvalue weighted by Gasteiger charge is -2.25. The third kappa shape index (κ3) is 5.35. The van der Waals surface area contributed by atoms with Gasteiger partial charge in [-0.05, 0) is 54.7 Å². The summed E-state index contributed by atoms with van der Waals surface area (Å²) < 4.78 is 14.6. The van der Waals surface area contributed by atoms with Crippen molar-refractivity contribution < 1.29 is 14.0 Å². The average molecular weight is 497 g/mol. The van der Waals surface area contributed by atoms with Crippen LogP contribution in [0.25, 0.3) is 0 Å². The maximum atomic E-state index is 14.6. The largest absolute Gasteiger partial charge is 0.352 e. The molecule has 0 fully saturated rings. The first-order valence-electron chi connectivity index (χ1n) is 11.3. The molecule has 0 bridgehead atoms. The molecule has 1 aliphatic heterocycles. The maximum absolute atomic E-state index is 14.6. The van der Waals surface area contributed by atoms with Crippen LogP contribution in [0.1, 0.15) is 49.5 Å². The van der Waals surface area contributed by atoms with Crippen molar-refractivity contribution >= 4 is 52.2 Å². The van der Waals surface area contributed by atoms with Gasteiger partial charge in [-0.3, -0.25) is 9.59 Å². The second-order valence-corrected chi connectivity index (χ2v) is 9.26. The molecule has 0 radical (unpaired) electrons. The highest BCUT2D eigenvalue weighted by Gasteiger charge is 2.29. The zero-order chi connectivity index (χ0) is 25.2. The molecule has 1 aromatic heterocycles. The number of hydrogen-bond acceptors (Lipinski definition) is 6. The normalized spacial score (nSPS) is 14.4. The molecule has 0 saturated carbocycles.